The van der Waals surface area contributed by atoms with Gasteiger partial charge < -0.3 is 0 Å². The zero-order valence-electron chi connectivity index (χ0n) is 8.06. The highest BCUT2D eigenvalue weighted by atomic mass is 35.5. The molecular weight excluding hydrogens is 222 g/mol. The van der Waals surface area contributed by atoms with Gasteiger partial charge in [-0.1, -0.05) is 30.7 Å². The summed E-state index contributed by atoms with van der Waals surface area (Å²) in [5.74, 6) is 0.730. The molecule has 78 valence electrons. The van der Waals surface area contributed by atoms with Gasteiger partial charge in [-0.2, -0.15) is 0 Å². The monoisotopic (exact) mass is 234 g/mol. The van der Waals surface area contributed by atoms with Gasteiger partial charge in [-0.3, -0.25) is 0 Å². The Labute approximate surface area is 94.0 Å². The molecule has 0 aromatic heterocycles. The minimum Gasteiger partial charge on any atom is -0.205 e. The molecule has 0 bridgehead atoms. The van der Waals surface area contributed by atoms with Crippen LogP contribution < -0.4 is 0 Å². The molecule has 0 saturated heterocycles. The Morgan fingerprint density at radius 1 is 1.43 bits per heavy atom. The first-order valence-corrected chi connectivity index (χ1v) is 5.55. The third kappa shape index (κ3) is 3.14. The highest BCUT2D eigenvalue weighted by Gasteiger charge is 2.07. The lowest BCUT2D eigenvalue weighted by Gasteiger charge is -2.08. The summed E-state index contributed by atoms with van der Waals surface area (Å²) in [6.07, 6.45) is 1.58. The molecule has 0 heterocycles. The van der Waals surface area contributed by atoms with Crippen LogP contribution in [-0.4, -0.2) is 5.88 Å². The van der Waals surface area contributed by atoms with Crippen molar-refractivity contribution in [2.45, 2.75) is 19.8 Å². The van der Waals surface area contributed by atoms with Crippen molar-refractivity contribution in [2.24, 2.45) is 5.92 Å². The molecule has 0 spiro atoms. The van der Waals surface area contributed by atoms with E-state index in [4.69, 9.17) is 23.2 Å². The van der Waals surface area contributed by atoms with Crippen molar-refractivity contribution in [1.29, 1.82) is 0 Å². The fourth-order valence-electron chi connectivity index (χ4n) is 1.22. The van der Waals surface area contributed by atoms with Gasteiger partial charge in [0, 0.05) is 5.88 Å². The van der Waals surface area contributed by atoms with Crippen molar-refractivity contribution in [3.05, 3.63) is 34.6 Å². The summed E-state index contributed by atoms with van der Waals surface area (Å²) >= 11 is 11.3. The van der Waals surface area contributed by atoms with E-state index < -0.39 is 0 Å². The van der Waals surface area contributed by atoms with E-state index in [-0.39, 0.29) is 10.8 Å². The quantitative estimate of drug-likeness (QED) is 0.683. The third-order valence-corrected chi connectivity index (χ3v) is 3.02. The van der Waals surface area contributed by atoms with Crippen LogP contribution in [0.3, 0.4) is 0 Å². The average molecular weight is 235 g/mol. The van der Waals surface area contributed by atoms with Crippen molar-refractivity contribution < 1.29 is 4.39 Å². The molecule has 1 aromatic rings. The van der Waals surface area contributed by atoms with Crippen molar-refractivity contribution in [1.82, 2.24) is 0 Å². The molecule has 0 aliphatic heterocycles. The number of hydrogen-bond acceptors (Lipinski definition) is 0. The molecule has 0 fully saturated rings. The summed E-state index contributed by atoms with van der Waals surface area (Å²) in [5, 5.41) is 0.195. The number of benzene rings is 1. The number of aryl methyl sites for hydroxylation is 1. The van der Waals surface area contributed by atoms with E-state index in [0.717, 1.165) is 6.42 Å². The van der Waals surface area contributed by atoms with Gasteiger partial charge in [0.15, 0.2) is 0 Å². The van der Waals surface area contributed by atoms with Gasteiger partial charge in [0.25, 0.3) is 0 Å². The zero-order valence-corrected chi connectivity index (χ0v) is 9.58. The van der Waals surface area contributed by atoms with Crippen LogP contribution in [-0.2, 0) is 6.42 Å². The smallest absolute Gasteiger partial charge is 0.144 e. The normalized spacial score (nSPS) is 12.9. The van der Waals surface area contributed by atoms with E-state index in [0.29, 0.717) is 23.8 Å². The van der Waals surface area contributed by atoms with Crippen LogP contribution in [0.25, 0.3) is 0 Å². The van der Waals surface area contributed by atoms with E-state index in [2.05, 4.69) is 6.92 Å². The molecule has 0 amide bonds. The molecule has 0 aliphatic rings. The fourth-order valence-corrected chi connectivity index (χ4v) is 1.57. The molecule has 1 atom stereocenters. The topological polar surface area (TPSA) is 0 Å². The highest BCUT2D eigenvalue weighted by Crippen LogP contribution is 2.20. The van der Waals surface area contributed by atoms with Crippen molar-refractivity contribution in [2.75, 3.05) is 5.88 Å². The Bertz CT molecular complexity index is 299. The number of halogens is 3. The lowest BCUT2D eigenvalue weighted by atomic mass is 10.0. The maximum absolute atomic E-state index is 13.4. The molecule has 1 rings (SSSR count). The summed E-state index contributed by atoms with van der Waals surface area (Å²) in [6, 6.07) is 5.10. The minimum absolute atomic E-state index is 0.195. The molecule has 0 nitrogen and oxygen atoms in total. The molecule has 0 aliphatic carbocycles. The molecule has 0 saturated carbocycles. The molecule has 14 heavy (non-hydrogen) atoms. The predicted molar refractivity (Wildman–Crippen MR) is 59.6 cm³/mol. The largest absolute Gasteiger partial charge is 0.205 e. The van der Waals surface area contributed by atoms with Crippen molar-refractivity contribution in [3.63, 3.8) is 0 Å². The minimum atomic E-state index is -0.295. The average Bonchev–Trinajstić information content (AvgIpc) is 2.20. The van der Waals surface area contributed by atoms with Crippen molar-refractivity contribution >= 4 is 23.2 Å². The van der Waals surface area contributed by atoms with Crippen LogP contribution in [0, 0.1) is 11.7 Å². The maximum atomic E-state index is 13.4. The van der Waals surface area contributed by atoms with E-state index in [1.54, 1.807) is 18.2 Å². The predicted octanol–water partition coefficient (Wildman–Crippen LogP) is 4.29. The molecular formula is C11H13Cl2F. The number of rotatable bonds is 4. The van der Waals surface area contributed by atoms with Gasteiger partial charge in [0.1, 0.15) is 5.82 Å². The second-order valence-electron chi connectivity index (χ2n) is 3.51. The summed E-state index contributed by atoms with van der Waals surface area (Å²) < 4.78 is 13.4. The van der Waals surface area contributed by atoms with Crippen LogP contribution in [0.4, 0.5) is 4.39 Å². The molecule has 0 N–H and O–H groups in total. The Hall–Kier alpha value is -0.270. The zero-order chi connectivity index (χ0) is 10.6. The Morgan fingerprint density at radius 3 is 2.79 bits per heavy atom. The van der Waals surface area contributed by atoms with Gasteiger partial charge in [-0.15, -0.1) is 11.6 Å². The van der Waals surface area contributed by atoms with Crippen LogP contribution in [0.15, 0.2) is 18.2 Å². The Morgan fingerprint density at radius 2 is 2.14 bits per heavy atom. The Kier molecular flexibility index (Phi) is 4.70. The standard InChI is InChI=1S/C11H13Cl2F/c1-8(7-12)5-6-9-3-2-4-10(13)11(9)14/h2-4,8H,5-7H2,1H3. The maximum Gasteiger partial charge on any atom is 0.144 e. The summed E-state index contributed by atoms with van der Waals surface area (Å²) in [6.45, 7) is 2.05. The van der Waals surface area contributed by atoms with Gasteiger partial charge >= 0.3 is 0 Å². The highest BCUT2D eigenvalue weighted by molar-refractivity contribution is 6.30. The van der Waals surface area contributed by atoms with E-state index in [1.807, 2.05) is 0 Å². The van der Waals surface area contributed by atoms with Gasteiger partial charge in [0.2, 0.25) is 0 Å². The Balaban J connectivity index is 2.63. The SMILES string of the molecule is CC(CCl)CCc1cccc(Cl)c1F. The molecule has 3 heteroatoms. The van der Waals surface area contributed by atoms with Crippen LogP contribution in [0.5, 0.6) is 0 Å². The van der Waals surface area contributed by atoms with Gasteiger partial charge in [0.05, 0.1) is 5.02 Å². The van der Waals surface area contributed by atoms with Crippen LogP contribution in [0.1, 0.15) is 18.9 Å². The van der Waals surface area contributed by atoms with Gasteiger partial charge in [-0.05, 0) is 30.4 Å². The first kappa shape index (κ1) is 11.8. The van der Waals surface area contributed by atoms with E-state index in [1.165, 1.54) is 0 Å². The van der Waals surface area contributed by atoms with E-state index >= 15 is 0 Å². The third-order valence-electron chi connectivity index (χ3n) is 2.20. The summed E-state index contributed by atoms with van der Waals surface area (Å²) in [7, 11) is 0. The molecule has 0 radical (unpaired) electrons. The number of alkyl halides is 1. The fraction of sp³-hybridized carbons (Fsp3) is 0.455. The first-order valence-electron chi connectivity index (χ1n) is 4.64. The second kappa shape index (κ2) is 5.57. The van der Waals surface area contributed by atoms with Crippen molar-refractivity contribution in [3.8, 4) is 0 Å². The number of hydrogen-bond donors (Lipinski definition) is 0. The van der Waals surface area contributed by atoms with Crippen LogP contribution >= 0.6 is 23.2 Å². The van der Waals surface area contributed by atoms with E-state index in [9.17, 15) is 4.39 Å². The lowest BCUT2D eigenvalue weighted by Crippen LogP contribution is -2.00. The molecule has 1 aromatic carbocycles. The van der Waals surface area contributed by atoms with Crippen LogP contribution in [0.2, 0.25) is 5.02 Å². The first-order chi connectivity index (χ1) is 6.65. The van der Waals surface area contributed by atoms with Gasteiger partial charge in [-0.25, -0.2) is 4.39 Å². The molecule has 1 unspecified atom stereocenters. The summed E-state index contributed by atoms with van der Waals surface area (Å²) in [5.41, 5.74) is 0.675. The second-order valence-corrected chi connectivity index (χ2v) is 4.23. The summed E-state index contributed by atoms with van der Waals surface area (Å²) in [4.78, 5) is 0. The lowest BCUT2D eigenvalue weighted by molar-refractivity contribution is 0.562.